The molecule has 6 nitrogen and oxygen atoms in total. The van der Waals surface area contributed by atoms with Crippen LogP contribution in [0.15, 0.2) is 54.7 Å². The summed E-state index contributed by atoms with van der Waals surface area (Å²) in [6.45, 7) is 0.338. The molecule has 1 aromatic heterocycles. The van der Waals surface area contributed by atoms with E-state index in [0.29, 0.717) is 13.0 Å². The molecule has 1 aliphatic rings. The Morgan fingerprint density at radius 2 is 1.80 bits per heavy atom. The maximum atomic E-state index is 12.8. The van der Waals surface area contributed by atoms with Gasteiger partial charge in [0.2, 0.25) is 5.91 Å². The minimum absolute atomic E-state index is 0.0272. The minimum Gasteiger partial charge on any atom is -0.480 e. The number of amides is 1. The third-order valence-corrected chi connectivity index (χ3v) is 4.69. The van der Waals surface area contributed by atoms with Gasteiger partial charge in [0.15, 0.2) is 0 Å². The van der Waals surface area contributed by atoms with Crippen LogP contribution in [0.1, 0.15) is 11.1 Å². The second kappa shape index (κ2) is 6.05. The number of aromatic nitrogens is 2. The van der Waals surface area contributed by atoms with Crippen molar-refractivity contribution >= 4 is 22.8 Å². The maximum Gasteiger partial charge on any atom is 0.326 e. The molecule has 0 saturated heterocycles. The van der Waals surface area contributed by atoms with Crippen molar-refractivity contribution in [2.45, 2.75) is 25.6 Å². The van der Waals surface area contributed by atoms with Gasteiger partial charge in [-0.05, 0) is 17.2 Å². The lowest BCUT2D eigenvalue weighted by atomic mass is 9.94. The summed E-state index contributed by atoms with van der Waals surface area (Å²) in [5, 5.41) is 14.8. The summed E-state index contributed by atoms with van der Waals surface area (Å²) in [4.78, 5) is 26.0. The Balaban J connectivity index is 1.63. The molecule has 4 rings (SSSR count). The van der Waals surface area contributed by atoms with Gasteiger partial charge in [-0.15, -0.1) is 0 Å². The van der Waals surface area contributed by atoms with Gasteiger partial charge in [-0.3, -0.25) is 9.48 Å². The molecular formula is C19H17N3O3. The number of carbonyl (C=O) groups is 2. The highest BCUT2D eigenvalue weighted by molar-refractivity contribution is 5.86. The van der Waals surface area contributed by atoms with Crippen LogP contribution in [0.2, 0.25) is 0 Å². The lowest BCUT2D eigenvalue weighted by Gasteiger charge is -2.34. The van der Waals surface area contributed by atoms with Crippen LogP contribution >= 0.6 is 0 Å². The number of aliphatic carboxylic acids is 1. The minimum atomic E-state index is -0.979. The molecule has 1 N–H and O–H groups in total. The van der Waals surface area contributed by atoms with Gasteiger partial charge in [0.25, 0.3) is 0 Å². The van der Waals surface area contributed by atoms with Gasteiger partial charge in [0.05, 0.1) is 11.7 Å². The average molecular weight is 335 g/mol. The number of carboxylic acid groups (broad SMARTS) is 1. The first-order chi connectivity index (χ1) is 12.1. The molecular weight excluding hydrogens is 318 g/mol. The van der Waals surface area contributed by atoms with Crippen LogP contribution in [0.3, 0.4) is 0 Å². The number of fused-ring (bicyclic) bond motifs is 2. The average Bonchev–Trinajstić information content (AvgIpc) is 3.03. The first-order valence-electron chi connectivity index (χ1n) is 8.13. The van der Waals surface area contributed by atoms with Gasteiger partial charge >= 0.3 is 5.97 Å². The summed E-state index contributed by atoms with van der Waals surface area (Å²) < 4.78 is 1.62. The van der Waals surface area contributed by atoms with E-state index in [1.165, 1.54) is 4.90 Å². The second-order valence-corrected chi connectivity index (χ2v) is 6.21. The zero-order valence-corrected chi connectivity index (χ0v) is 13.5. The monoisotopic (exact) mass is 335 g/mol. The summed E-state index contributed by atoms with van der Waals surface area (Å²) in [6.07, 6.45) is 2.04. The van der Waals surface area contributed by atoms with E-state index in [4.69, 9.17) is 0 Å². The van der Waals surface area contributed by atoms with Gasteiger partial charge in [-0.25, -0.2) is 4.79 Å². The smallest absolute Gasteiger partial charge is 0.326 e. The van der Waals surface area contributed by atoms with E-state index < -0.39 is 12.0 Å². The van der Waals surface area contributed by atoms with Crippen molar-refractivity contribution in [3.05, 3.63) is 65.9 Å². The van der Waals surface area contributed by atoms with E-state index >= 15 is 0 Å². The van der Waals surface area contributed by atoms with Crippen LogP contribution in [0.25, 0.3) is 10.9 Å². The van der Waals surface area contributed by atoms with Crippen molar-refractivity contribution in [3.63, 3.8) is 0 Å². The Kier molecular flexibility index (Phi) is 3.72. The number of carbonyl (C=O) groups excluding carboxylic acids is 1. The predicted molar refractivity (Wildman–Crippen MR) is 91.9 cm³/mol. The summed E-state index contributed by atoms with van der Waals surface area (Å²) >= 11 is 0. The molecule has 6 heteroatoms. The van der Waals surface area contributed by atoms with Crippen LogP contribution in [-0.4, -0.2) is 37.7 Å². The Morgan fingerprint density at radius 1 is 1.08 bits per heavy atom. The highest BCUT2D eigenvalue weighted by Gasteiger charge is 2.34. The number of benzene rings is 2. The van der Waals surface area contributed by atoms with E-state index in [1.807, 2.05) is 48.5 Å². The standard InChI is InChI=1S/C19H17N3O3/c23-18(12-22-16-8-4-3-6-14(16)10-20-22)21-11-15-7-2-1-5-13(15)9-17(21)19(24)25/h1-8,10,17H,9,11-12H2,(H,24,25). The third kappa shape index (κ3) is 2.76. The molecule has 0 saturated carbocycles. The Morgan fingerprint density at radius 3 is 2.60 bits per heavy atom. The molecule has 0 aliphatic carbocycles. The van der Waals surface area contributed by atoms with Crippen LogP contribution in [0, 0.1) is 0 Å². The number of nitrogens with zero attached hydrogens (tertiary/aromatic N) is 3. The molecule has 0 fully saturated rings. The van der Waals surface area contributed by atoms with Crippen LogP contribution < -0.4 is 0 Å². The fraction of sp³-hybridized carbons (Fsp3) is 0.211. The molecule has 2 heterocycles. The first kappa shape index (κ1) is 15.4. The highest BCUT2D eigenvalue weighted by Crippen LogP contribution is 2.24. The van der Waals surface area contributed by atoms with Crippen molar-refractivity contribution in [2.75, 3.05) is 0 Å². The van der Waals surface area contributed by atoms with Crippen molar-refractivity contribution in [3.8, 4) is 0 Å². The summed E-state index contributed by atoms with van der Waals surface area (Å²) in [7, 11) is 0. The molecule has 1 aliphatic heterocycles. The molecule has 0 spiro atoms. The van der Waals surface area contributed by atoms with E-state index in [2.05, 4.69) is 5.10 Å². The van der Waals surface area contributed by atoms with Crippen molar-refractivity contribution in [2.24, 2.45) is 0 Å². The maximum absolute atomic E-state index is 12.8. The largest absolute Gasteiger partial charge is 0.480 e. The van der Waals surface area contributed by atoms with E-state index in [-0.39, 0.29) is 12.5 Å². The summed E-state index contributed by atoms with van der Waals surface area (Å²) in [5.41, 5.74) is 2.85. The summed E-state index contributed by atoms with van der Waals surface area (Å²) in [5.74, 6) is -1.22. The fourth-order valence-electron chi connectivity index (χ4n) is 3.38. The van der Waals surface area contributed by atoms with Gasteiger partial charge < -0.3 is 10.0 Å². The number of hydrogen-bond donors (Lipinski definition) is 1. The Bertz CT molecular complexity index is 963. The van der Waals surface area contributed by atoms with E-state index in [1.54, 1.807) is 10.9 Å². The number of rotatable bonds is 3. The molecule has 2 aromatic carbocycles. The van der Waals surface area contributed by atoms with Crippen LogP contribution in [0.5, 0.6) is 0 Å². The van der Waals surface area contributed by atoms with Crippen molar-refractivity contribution in [1.29, 1.82) is 0 Å². The molecule has 0 radical (unpaired) electrons. The molecule has 126 valence electrons. The Hall–Kier alpha value is -3.15. The van der Waals surface area contributed by atoms with Crippen molar-refractivity contribution in [1.82, 2.24) is 14.7 Å². The number of carboxylic acids is 1. The number of para-hydroxylation sites is 1. The Labute approximate surface area is 144 Å². The summed E-state index contributed by atoms with van der Waals surface area (Å²) in [6, 6.07) is 14.5. The third-order valence-electron chi connectivity index (χ3n) is 4.69. The molecule has 1 amide bonds. The van der Waals surface area contributed by atoms with Gasteiger partial charge in [-0.1, -0.05) is 42.5 Å². The number of hydrogen-bond acceptors (Lipinski definition) is 3. The quantitative estimate of drug-likeness (QED) is 0.795. The van der Waals surface area contributed by atoms with Crippen LogP contribution in [0.4, 0.5) is 0 Å². The predicted octanol–water partition coefficient (Wildman–Crippen LogP) is 2.07. The van der Waals surface area contributed by atoms with E-state index in [9.17, 15) is 14.7 Å². The molecule has 25 heavy (non-hydrogen) atoms. The lowest BCUT2D eigenvalue weighted by molar-refractivity contribution is -0.151. The molecule has 3 aromatic rings. The van der Waals surface area contributed by atoms with Gasteiger partial charge in [0.1, 0.15) is 12.6 Å². The lowest BCUT2D eigenvalue weighted by Crippen LogP contribution is -2.49. The zero-order valence-electron chi connectivity index (χ0n) is 13.5. The highest BCUT2D eigenvalue weighted by atomic mass is 16.4. The second-order valence-electron chi connectivity index (χ2n) is 6.21. The van der Waals surface area contributed by atoms with Crippen molar-refractivity contribution < 1.29 is 14.7 Å². The molecule has 1 unspecified atom stereocenters. The first-order valence-corrected chi connectivity index (χ1v) is 8.13. The molecule has 1 atom stereocenters. The van der Waals surface area contributed by atoms with Crippen LogP contribution in [-0.2, 0) is 29.1 Å². The van der Waals surface area contributed by atoms with E-state index in [0.717, 1.165) is 22.0 Å². The van der Waals surface area contributed by atoms with Gasteiger partial charge in [0, 0.05) is 18.4 Å². The SMILES string of the molecule is O=C(O)C1Cc2ccccc2CN1C(=O)Cn1ncc2ccccc21. The normalized spacial score (nSPS) is 16.6. The topological polar surface area (TPSA) is 75.4 Å². The molecule has 0 bridgehead atoms. The fourth-order valence-corrected chi connectivity index (χ4v) is 3.38. The van der Waals surface area contributed by atoms with Gasteiger partial charge in [-0.2, -0.15) is 5.10 Å². The zero-order chi connectivity index (χ0) is 17.4.